The van der Waals surface area contributed by atoms with Gasteiger partial charge < -0.3 is 4.89 Å². The van der Waals surface area contributed by atoms with E-state index in [2.05, 4.69) is 11.9 Å². The van der Waals surface area contributed by atoms with Gasteiger partial charge in [0.05, 0.1) is 0 Å². The zero-order chi connectivity index (χ0) is 10.2. The summed E-state index contributed by atoms with van der Waals surface area (Å²) in [5, 5.41) is 0. The third-order valence-corrected chi connectivity index (χ3v) is 3.08. The van der Waals surface area contributed by atoms with Gasteiger partial charge in [0.15, 0.2) is 0 Å². The second kappa shape index (κ2) is 7.22. The average molecular weight is 207 g/mol. The first-order valence-corrected chi connectivity index (χ1v) is 6.59. The van der Waals surface area contributed by atoms with Gasteiger partial charge in [0.1, 0.15) is 0 Å². The van der Waals surface area contributed by atoms with Gasteiger partial charge in [-0.15, -0.1) is 4.91 Å². The lowest BCUT2D eigenvalue weighted by molar-refractivity contribution is 0.475. The molecule has 0 aliphatic rings. The highest BCUT2D eigenvalue weighted by Crippen LogP contribution is 2.42. The van der Waals surface area contributed by atoms with Gasteiger partial charge in [0, 0.05) is 11.1 Å². The number of nitrogens with zero attached hydrogens (tertiary/aromatic N) is 1. The molecule has 0 heterocycles. The first kappa shape index (κ1) is 12.8. The van der Waals surface area contributed by atoms with Crippen molar-refractivity contribution in [2.45, 2.75) is 45.4 Å². The van der Waals surface area contributed by atoms with E-state index in [9.17, 15) is 9.47 Å². The summed E-state index contributed by atoms with van der Waals surface area (Å²) in [6, 6.07) is 0. The second-order valence-corrected chi connectivity index (χ2v) is 5.18. The minimum Gasteiger partial charge on any atom is -0.326 e. The van der Waals surface area contributed by atoms with Crippen LogP contribution in [0.3, 0.4) is 0 Å². The summed E-state index contributed by atoms with van der Waals surface area (Å²) in [5.41, 5.74) is 0. The normalized spacial score (nSPS) is 15.2. The lowest BCUT2D eigenvalue weighted by Crippen LogP contribution is -1.86. The molecule has 13 heavy (non-hydrogen) atoms. The zero-order valence-electron chi connectivity index (χ0n) is 8.11. The molecule has 0 saturated carbocycles. The van der Waals surface area contributed by atoms with E-state index in [4.69, 9.17) is 4.89 Å². The van der Waals surface area contributed by atoms with E-state index in [0.717, 1.165) is 12.8 Å². The lowest BCUT2D eigenvalue weighted by atomic mass is 10.1. The van der Waals surface area contributed by atoms with Gasteiger partial charge in [-0.1, -0.05) is 39.0 Å². The van der Waals surface area contributed by atoms with Crippen LogP contribution in [0.2, 0.25) is 0 Å². The molecule has 0 aromatic rings. The molecule has 1 N–H and O–H groups in total. The van der Waals surface area contributed by atoms with E-state index in [1.165, 1.54) is 19.3 Å². The molecule has 1 unspecified atom stereocenters. The summed E-state index contributed by atoms with van der Waals surface area (Å²) < 4.78 is 10.7. The fraction of sp³-hybridized carbons (Fsp3) is 1.00. The molecule has 0 aliphatic heterocycles. The Bertz CT molecular complexity index is 184. The third kappa shape index (κ3) is 8.13. The molecule has 0 aromatic heterocycles. The average Bonchev–Trinajstić information content (AvgIpc) is 2.11. The van der Waals surface area contributed by atoms with E-state index in [0.29, 0.717) is 6.42 Å². The molecule has 0 aromatic carbocycles. The van der Waals surface area contributed by atoms with Gasteiger partial charge in [0.25, 0.3) is 0 Å². The maximum Gasteiger partial charge on any atom is 0.350 e. The van der Waals surface area contributed by atoms with Crippen LogP contribution in [-0.4, -0.2) is 11.1 Å². The van der Waals surface area contributed by atoms with Crippen molar-refractivity contribution in [3.05, 3.63) is 4.91 Å². The number of unbranched alkanes of at least 4 members (excludes halogenated alkanes) is 5. The maximum atomic E-state index is 10.7. The first-order valence-electron chi connectivity index (χ1n) is 4.79. The van der Waals surface area contributed by atoms with Crippen LogP contribution in [0.25, 0.3) is 0 Å². The smallest absolute Gasteiger partial charge is 0.326 e. The molecule has 0 bridgehead atoms. The number of rotatable bonds is 8. The van der Waals surface area contributed by atoms with Crippen molar-refractivity contribution in [2.75, 3.05) is 6.16 Å². The molecule has 4 nitrogen and oxygen atoms in total. The molecule has 78 valence electrons. The van der Waals surface area contributed by atoms with E-state index in [1.807, 2.05) is 0 Å². The predicted octanol–water partition coefficient (Wildman–Crippen LogP) is 3.30. The van der Waals surface area contributed by atoms with E-state index in [-0.39, 0.29) is 6.16 Å². The molecule has 0 spiro atoms. The van der Waals surface area contributed by atoms with Crippen LogP contribution in [-0.2, 0) is 4.57 Å². The van der Waals surface area contributed by atoms with E-state index >= 15 is 0 Å². The van der Waals surface area contributed by atoms with Crippen LogP contribution in [0.15, 0.2) is 4.95 Å². The van der Waals surface area contributed by atoms with Gasteiger partial charge in [-0.05, 0) is 6.42 Å². The van der Waals surface area contributed by atoms with Crippen molar-refractivity contribution in [2.24, 2.45) is 4.95 Å². The summed E-state index contributed by atoms with van der Waals surface area (Å²) in [6.07, 6.45) is 6.23. The predicted molar refractivity (Wildman–Crippen MR) is 53.9 cm³/mol. The van der Waals surface area contributed by atoms with E-state index in [1.54, 1.807) is 0 Å². The molecule has 0 amide bonds. The maximum absolute atomic E-state index is 10.7. The fourth-order valence-electron chi connectivity index (χ4n) is 1.14. The Morgan fingerprint density at radius 1 is 1.15 bits per heavy atom. The van der Waals surface area contributed by atoms with Gasteiger partial charge in [-0.2, -0.15) is 0 Å². The first-order chi connectivity index (χ1) is 6.12. The Balaban J connectivity index is 3.26. The van der Waals surface area contributed by atoms with Gasteiger partial charge in [0.2, 0.25) is 0 Å². The van der Waals surface area contributed by atoms with Crippen molar-refractivity contribution in [3.8, 4) is 0 Å². The number of hydrogen-bond acceptors (Lipinski definition) is 2. The third-order valence-electron chi connectivity index (χ3n) is 1.93. The Morgan fingerprint density at radius 2 is 1.69 bits per heavy atom. The Labute approximate surface area is 79.2 Å². The van der Waals surface area contributed by atoms with Gasteiger partial charge >= 0.3 is 7.52 Å². The largest absolute Gasteiger partial charge is 0.350 e. The Morgan fingerprint density at radius 3 is 2.23 bits per heavy atom. The summed E-state index contributed by atoms with van der Waals surface area (Å²) in [4.78, 5) is 20.8. The van der Waals surface area contributed by atoms with Crippen LogP contribution >= 0.6 is 7.52 Å². The highest BCUT2D eigenvalue weighted by atomic mass is 31.2. The standard InChI is InChI=1S/C8H18NO3P/c1-2-3-4-5-6-7-8-13(11,12)9-10/h2-8H2,1H3,(H,11,12). The minimum absolute atomic E-state index is 0.0443. The van der Waals surface area contributed by atoms with Gasteiger partial charge in [-0.25, -0.2) is 0 Å². The fourth-order valence-corrected chi connectivity index (χ4v) is 1.86. The molecule has 5 heteroatoms. The molecule has 0 saturated heterocycles. The zero-order valence-corrected chi connectivity index (χ0v) is 9.00. The van der Waals surface area contributed by atoms with Crippen molar-refractivity contribution in [1.82, 2.24) is 0 Å². The van der Waals surface area contributed by atoms with Crippen molar-refractivity contribution in [3.63, 3.8) is 0 Å². The van der Waals surface area contributed by atoms with Crippen molar-refractivity contribution >= 4 is 7.52 Å². The number of nitroso groups, excluding NO2 is 1. The summed E-state index contributed by atoms with van der Waals surface area (Å²) in [7, 11) is -3.66. The number of hydrogen-bond donors (Lipinski definition) is 1. The van der Waals surface area contributed by atoms with Crippen LogP contribution in [0, 0.1) is 4.91 Å². The van der Waals surface area contributed by atoms with Crippen molar-refractivity contribution < 1.29 is 9.46 Å². The monoisotopic (exact) mass is 207 g/mol. The molecule has 0 fully saturated rings. The molecule has 1 atom stereocenters. The quantitative estimate of drug-likeness (QED) is 0.377. The Kier molecular flexibility index (Phi) is 7.10. The topological polar surface area (TPSA) is 66.7 Å². The highest BCUT2D eigenvalue weighted by Gasteiger charge is 2.16. The van der Waals surface area contributed by atoms with E-state index < -0.39 is 7.52 Å². The molecular formula is C8H18NO3P. The van der Waals surface area contributed by atoms with Crippen molar-refractivity contribution in [1.29, 1.82) is 0 Å². The summed E-state index contributed by atoms with van der Waals surface area (Å²) >= 11 is 0. The molecule has 0 rings (SSSR count). The highest BCUT2D eigenvalue weighted by molar-refractivity contribution is 7.56. The van der Waals surface area contributed by atoms with Crippen LogP contribution in [0.1, 0.15) is 45.4 Å². The van der Waals surface area contributed by atoms with Gasteiger partial charge in [-0.3, -0.25) is 4.57 Å². The molecule has 0 aliphatic carbocycles. The molecular weight excluding hydrogens is 189 g/mol. The SMILES string of the molecule is CCCCCCCCP(=O)(O)N=O. The lowest BCUT2D eigenvalue weighted by Gasteiger charge is -2.01. The van der Waals surface area contributed by atoms with Crippen LogP contribution in [0.4, 0.5) is 0 Å². The Hall–Kier alpha value is -0.210. The summed E-state index contributed by atoms with van der Waals surface area (Å²) in [5.74, 6) is 0. The summed E-state index contributed by atoms with van der Waals surface area (Å²) in [6.45, 7) is 2.14. The minimum atomic E-state index is -3.66. The van der Waals surface area contributed by atoms with Crippen LogP contribution in [0.5, 0.6) is 0 Å². The van der Waals surface area contributed by atoms with Crippen LogP contribution < -0.4 is 0 Å². The second-order valence-electron chi connectivity index (χ2n) is 3.24. The molecule has 0 radical (unpaired) electrons.